The molecule has 1 fully saturated rings. The molecule has 0 saturated carbocycles. The average Bonchev–Trinajstić information content (AvgIpc) is 3.63. The Bertz CT molecular complexity index is 1450. The van der Waals surface area contributed by atoms with Gasteiger partial charge in [0.2, 0.25) is 0 Å². The number of hydrogen-bond acceptors (Lipinski definition) is 4. The van der Waals surface area contributed by atoms with Gasteiger partial charge in [-0.1, -0.05) is 66.7 Å². The third-order valence-electron chi connectivity index (χ3n) is 7.05. The van der Waals surface area contributed by atoms with E-state index < -0.39 is 5.97 Å². The first-order valence-corrected chi connectivity index (χ1v) is 12.2. The van der Waals surface area contributed by atoms with Crippen molar-refractivity contribution in [1.82, 2.24) is 4.98 Å². The fourth-order valence-electron chi connectivity index (χ4n) is 5.26. The standard InChI is InChI=1S/C30H25FN2O3/c31-23-15-13-20(14-16-23)19-9-11-22(12-10-19)28-29(26-8-2-5-21-4-1-7-25(21)26)36-30(32-28)33-17-3-6-24(33)18-27(34)35/h1-2,5,7-16,24H,3-4,6,17-18H2,(H,34,35). The number of nitrogens with zero attached hydrogens (tertiary/aromatic N) is 2. The molecule has 1 atom stereocenters. The molecule has 2 heterocycles. The van der Waals surface area contributed by atoms with E-state index >= 15 is 0 Å². The van der Waals surface area contributed by atoms with Crippen molar-refractivity contribution in [3.05, 3.63) is 89.8 Å². The predicted molar refractivity (Wildman–Crippen MR) is 138 cm³/mol. The summed E-state index contributed by atoms with van der Waals surface area (Å²) in [5, 5.41) is 9.39. The smallest absolute Gasteiger partial charge is 0.305 e. The molecule has 4 aromatic rings. The molecule has 180 valence electrons. The molecular weight excluding hydrogens is 455 g/mol. The molecule has 6 rings (SSSR count). The van der Waals surface area contributed by atoms with E-state index in [4.69, 9.17) is 9.40 Å². The highest BCUT2D eigenvalue weighted by Gasteiger charge is 2.32. The first-order chi connectivity index (χ1) is 17.6. The van der Waals surface area contributed by atoms with E-state index in [1.165, 1.54) is 17.7 Å². The van der Waals surface area contributed by atoms with Crippen LogP contribution in [0.15, 0.2) is 77.2 Å². The number of carboxylic acids is 1. The number of hydrogen-bond donors (Lipinski definition) is 1. The normalized spacial score (nSPS) is 16.5. The maximum Gasteiger partial charge on any atom is 0.305 e. The first kappa shape index (κ1) is 22.3. The van der Waals surface area contributed by atoms with Crippen LogP contribution in [-0.4, -0.2) is 28.6 Å². The Balaban J connectivity index is 1.44. The molecule has 3 aromatic carbocycles. The minimum absolute atomic E-state index is 0.0584. The van der Waals surface area contributed by atoms with Gasteiger partial charge in [0.15, 0.2) is 5.76 Å². The van der Waals surface area contributed by atoms with Crippen LogP contribution in [0.25, 0.3) is 39.8 Å². The van der Waals surface area contributed by atoms with Gasteiger partial charge < -0.3 is 14.4 Å². The molecule has 1 unspecified atom stereocenters. The number of allylic oxidation sites excluding steroid dienone is 1. The van der Waals surface area contributed by atoms with Crippen LogP contribution < -0.4 is 4.90 Å². The van der Waals surface area contributed by atoms with Crippen LogP contribution in [0.5, 0.6) is 0 Å². The fourth-order valence-corrected chi connectivity index (χ4v) is 5.26. The van der Waals surface area contributed by atoms with Crippen LogP contribution >= 0.6 is 0 Å². The van der Waals surface area contributed by atoms with Gasteiger partial charge in [0.05, 0.1) is 6.42 Å². The van der Waals surface area contributed by atoms with Crippen molar-refractivity contribution < 1.29 is 18.7 Å². The molecule has 0 bridgehead atoms. The number of benzene rings is 3. The summed E-state index contributed by atoms with van der Waals surface area (Å²) < 4.78 is 19.8. The summed E-state index contributed by atoms with van der Waals surface area (Å²) in [6.45, 7) is 0.716. The molecule has 0 spiro atoms. The number of carboxylic acid groups (broad SMARTS) is 1. The van der Waals surface area contributed by atoms with Crippen molar-refractivity contribution >= 4 is 18.1 Å². The summed E-state index contributed by atoms with van der Waals surface area (Å²) in [6, 6.07) is 21.0. The summed E-state index contributed by atoms with van der Waals surface area (Å²) in [6.07, 6.45) is 6.92. The lowest BCUT2D eigenvalue weighted by molar-refractivity contribution is -0.137. The van der Waals surface area contributed by atoms with E-state index in [0.717, 1.165) is 52.8 Å². The predicted octanol–water partition coefficient (Wildman–Crippen LogP) is 6.83. The van der Waals surface area contributed by atoms with Crippen molar-refractivity contribution in [1.29, 1.82) is 0 Å². The van der Waals surface area contributed by atoms with E-state index in [-0.39, 0.29) is 18.3 Å². The quantitative estimate of drug-likeness (QED) is 0.328. The fraction of sp³-hybridized carbons (Fsp3) is 0.200. The Morgan fingerprint density at radius 3 is 2.50 bits per heavy atom. The van der Waals surface area contributed by atoms with E-state index in [1.54, 1.807) is 12.1 Å². The van der Waals surface area contributed by atoms with Gasteiger partial charge in [-0.25, -0.2) is 4.39 Å². The molecule has 1 aromatic heterocycles. The molecular formula is C30H25FN2O3. The van der Waals surface area contributed by atoms with Crippen molar-refractivity contribution in [2.45, 2.75) is 31.7 Å². The van der Waals surface area contributed by atoms with E-state index in [0.29, 0.717) is 18.3 Å². The van der Waals surface area contributed by atoms with Gasteiger partial charge >= 0.3 is 5.97 Å². The second kappa shape index (κ2) is 9.11. The second-order valence-corrected chi connectivity index (χ2v) is 9.33. The van der Waals surface area contributed by atoms with E-state index in [2.05, 4.69) is 18.2 Å². The number of aromatic nitrogens is 1. The maximum absolute atomic E-state index is 13.4. The highest BCUT2D eigenvalue weighted by Crippen LogP contribution is 2.41. The van der Waals surface area contributed by atoms with Gasteiger partial charge in [0.25, 0.3) is 6.01 Å². The average molecular weight is 481 g/mol. The van der Waals surface area contributed by atoms with E-state index in [9.17, 15) is 14.3 Å². The lowest BCUT2D eigenvalue weighted by Crippen LogP contribution is -2.31. The summed E-state index contributed by atoms with van der Waals surface area (Å²) in [7, 11) is 0. The Kier molecular flexibility index (Phi) is 5.64. The van der Waals surface area contributed by atoms with Gasteiger partial charge in [-0.05, 0) is 53.6 Å². The van der Waals surface area contributed by atoms with Gasteiger partial charge in [-0.15, -0.1) is 0 Å². The minimum Gasteiger partial charge on any atom is -0.481 e. The maximum atomic E-state index is 13.4. The van der Waals surface area contributed by atoms with Gasteiger partial charge in [0.1, 0.15) is 11.5 Å². The number of carbonyl (C=O) groups is 1. The highest BCUT2D eigenvalue weighted by molar-refractivity contribution is 5.86. The molecule has 1 aliphatic heterocycles. The molecule has 6 heteroatoms. The Morgan fingerprint density at radius 1 is 1.03 bits per heavy atom. The number of rotatable bonds is 6. The van der Waals surface area contributed by atoms with Crippen LogP contribution in [0, 0.1) is 5.82 Å². The second-order valence-electron chi connectivity index (χ2n) is 9.33. The number of aliphatic carboxylic acids is 1. The zero-order valence-electron chi connectivity index (χ0n) is 19.7. The zero-order chi connectivity index (χ0) is 24.6. The van der Waals surface area contributed by atoms with Crippen LogP contribution in [0.1, 0.15) is 30.4 Å². The van der Waals surface area contributed by atoms with Crippen LogP contribution in [0.3, 0.4) is 0 Å². The molecule has 5 nitrogen and oxygen atoms in total. The number of fused-ring (bicyclic) bond motifs is 1. The topological polar surface area (TPSA) is 66.6 Å². The molecule has 1 N–H and O–H groups in total. The lowest BCUT2D eigenvalue weighted by Gasteiger charge is -2.21. The van der Waals surface area contributed by atoms with Gasteiger partial charge in [-0.2, -0.15) is 4.98 Å². The Morgan fingerprint density at radius 2 is 1.75 bits per heavy atom. The number of anilines is 1. The van der Waals surface area contributed by atoms with E-state index in [1.807, 2.05) is 41.3 Å². The molecule has 1 aliphatic carbocycles. The first-order valence-electron chi connectivity index (χ1n) is 12.2. The van der Waals surface area contributed by atoms with Crippen LogP contribution in [-0.2, 0) is 11.2 Å². The Hall–Kier alpha value is -4.19. The SMILES string of the molecule is O=C(O)CC1CCCN1c1nc(-c2ccc(-c3ccc(F)cc3)cc2)c(-c2cccc3c2C=CC3)o1. The number of halogens is 1. The van der Waals surface area contributed by atoms with Gasteiger partial charge in [0, 0.05) is 23.7 Å². The molecule has 36 heavy (non-hydrogen) atoms. The summed E-state index contributed by atoms with van der Waals surface area (Å²) in [5.41, 5.74) is 6.90. The largest absolute Gasteiger partial charge is 0.481 e. The Labute approximate surface area is 208 Å². The third kappa shape index (κ3) is 4.09. The van der Waals surface area contributed by atoms with Crippen molar-refractivity contribution in [2.75, 3.05) is 11.4 Å². The van der Waals surface area contributed by atoms with Crippen LogP contribution in [0.2, 0.25) is 0 Å². The van der Waals surface area contributed by atoms with Crippen molar-refractivity contribution in [3.8, 4) is 33.7 Å². The highest BCUT2D eigenvalue weighted by atomic mass is 19.1. The third-order valence-corrected chi connectivity index (χ3v) is 7.05. The zero-order valence-corrected chi connectivity index (χ0v) is 19.7. The minimum atomic E-state index is -0.818. The summed E-state index contributed by atoms with van der Waals surface area (Å²) >= 11 is 0. The van der Waals surface area contributed by atoms with Gasteiger partial charge in [-0.3, -0.25) is 4.79 Å². The monoisotopic (exact) mass is 480 g/mol. The molecule has 1 saturated heterocycles. The molecule has 2 aliphatic rings. The number of oxazole rings is 1. The lowest BCUT2D eigenvalue weighted by atomic mass is 9.97. The summed E-state index contributed by atoms with van der Waals surface area (Å²) in [5.74, 6) is -0.395. The van der Waals surface area contributed by atoms with Crippen LogP contribution in [0.4, 0.5) is 10.4 Å². The molecule has 0 radical (unpaired) electrons. The molecule has 0 amide bonds. The summed E-state index contributed by atoms with van der Waals surface area (Å²) in [4.78, 5) is 18.4. The van der Waals surface area contributed by atoms with Crippen molar-refractivity contribution in [3.63, 3.8) is 0 Å². The van der Waals surface area contributed by atoms with Crippen molar-refractivity contribution in [2.24, 2.45) is 0 Å².